The highest BCUT2D eigenvalue weighted by Crippen LogP contribution is 2.11. The number of nitrogens with one attached hydrogen (secondary N) is 3. The molecule has 0 fully saturated rings. The summed E-state index contributed by atoms with van der Waals surface area (Å²) < 4.78 is 0. The Morgan fingerprint density at radius 2 is 1.80 bits per heavy atom. The van der Waals surface area contributed by atoms with Crippen LogP contribution in [0.15, 0.2) is 29.3 Å². The minimum atomic E-state index is -0.0208. The molecule has 0 radical (unpaired) electrons. The van der Waals surface area contributed by atoms with Crippen molar-refractivity contribution in [3.63, 3.8) is 0 Å². The minimum absolute atomic E-state index is 0.0208. The number of benzene rings is 1. The number of nitrogens with zero attached hydrogens (tertiary/aromatic N) is 3. The molecular weight excluding hydrogens is 376 g/mol. The summed E-state index contributed by atoms with van der Waals surface area (Å²) in [6.45, 7) is 14.7. The summed E-state index contributed by atoms with van der Waals surface area (Å²) in [5.74, 6) is 0.799. The van der Waals surface area contributed by atoms with Crippen LogP contribution in [0.25, 0.3) is 0 Å². The quantitative estimate of drug-likeness (QED) is 0.277. The van der Waals surface area contributed by atoms with Gasteiger partial charge < -0.3 is 20.9 Å². The van der Waals surface area contributed by atoms with Crippen molar-refractivity contribution < 1.29 is 4.79 Å². The second-order valence-electron chi connectivity index (χ2n) is 8.39. The number of carbonyl (C=O) groups excluding carboxylic acids is 1. The molecule has 1 aromatic carbocycles. The first-order chi connectivity index (χ1) is 14.2. The number of anilines is 1. The smallest absolute Gasteiger partial charge is 0.238 e. The summed E-state index contributed by atoms with van der Waals surface area (Å²) in [5.41, 5.74) is 1.86. The van der Waals surface area contributed by atoms with Gasteiger partial charge in [0, 0.05) is 37.4 Å². The summed E-state index contributed by atoms with van der Waals surface area (Å²) in [6, 6.07) is 8.96. The number of aliphatic imine (C=N–C) groups is 1. The van der Waals surface area contributed by atoms with Crippen LogP contribution in [0.2, 0.25) is 0 Å². The number of hydrogen-bond acceptors (Lipinski definition) is 4. The lowest BCUT2D eigenvalue weighted by molar-refractivity contribution is -0.116. The number of hydrogen-bond donors (Lipinski definition) is 3. The Hall–Kier alpha value is -2.12. The van der Waals surface area contributed by atoms with E-state index in [1.54, 1.807) is 0 Å². The van der Waals surface area contributed by atoms with E-state index in [0.717, 1.165) is 43.3 Å². The van der Waals surface area contributed by atoms with Crippen molar-refractivity contribution in [2.45, 2.75) is 59.7 Å². The molecule has 1 rings (SSSR count). The third kappa shape index (κ3) is 10.6. The topological polar surface area (TPSA) is 72.0 Å². The van der Waals surface area contributed by atoms with E-state index in [1.807, 2.05) is 43.3 Å². The Labute approximate surface area is 183 Å². The zero-order valence-corrected chi connectivity index (χ0v) is 20.0. The molecular formula is C23H42N6O. The lowest BCUT2D eigenvalue weighted by Gasteiger charge is -2.30. The van der Waals surface area contributed by atoms with Crippen LogP contribution in [0.4, 0.5) is 5.69 Å². The van der Waals surface area contributed by atoms with E-state index >= 15 is 0 Å². The van der Waals surface area contributed by atoms with Gasteiger partial charge in [0.05, 0.1) is 13.1 Å². The molecule has 0 aliphatic rings. The predicted molar refractivity (Wildman–Crippen MR) is 128 cm³/mol. The molecule has 1 amide bonds. The standard InChI is InChI=1S/C23H42N6O/c1-8-24-23(25-13-10-14-29(18(2)3)19(4)5)26-16-20-11-9-12-21(15-20)27-22(30)17-28(6)7/h9,11-12,15,18-19H,8,10,13-14,16-17H2,1-7H3,(H,27,30)(H2,24,25,26). The fourth-order valence-corrected chi connectivity index (χ4v) is 3.33. The van der Waals surface area contributed by atoms with Gasteiger partial charge >= 0.3 is 0 Å². The zero-order chi connectivity index (χ0) is 22.5. The van der Waals surface area contributed by atoms with E-state index < -0.39 is 0 Å². The molecule has 0 aliphatic carbocycles. The second-order valence-corrected chi connectivity index (χ2v) is 8.39. The van der Waals surface area contributed by atoms with Crippen molar-refractivity contribution in [2.24, 2.45) is 4.99 Å². The maximum atomic E-state index is 12.0. The van der Waals surface area contributed by atoms with Crippen LogP contribution in [-0.2, 0) is 11.3 Å². The van der Waals surface area contributed by atoms with Crippen LogP contribution in [0.1, 0.15) is 46.6 Å². The van der Waals surface area contributed by atoms with Crippen LogP contribution in [-0.4, -0.2) is 74.0 Å². The highest BCUT2D eigenvalue weighted by molar-refractivity contribution is 5.92. The molecule has 0 heterocycles. The zero-order valence-electron chi connectivity index (χ0n) is 20.0. The maximum Gasteiger partial charge on any atom is 0.238 e. The Kier molecular flexibility index (Phi) is 12.1. The molecule has 0 aliphatic heterocycles. The van der Waals surface area contributed by atoms with Gasteiger partial charge in [-0.1, -0.05) is 12.1 Å². The molecule has 0 bridgehead atoms. The molecule has 0 saturated heterocycles. The van der Waals surface area contributed by atoms with Crippen LogP contribution >= 0.6 is 0 Å². The third-order valence-corrected chi connectivity index (χ3v) is 4.65. The summed E-state index contributed by atoms with van der Waals surface area (Å²) >= 11 is 0. The molecule has 0 aromatic heterocycles. The Bertz CT molecular complexity index is 649. The van der Waals surface area contributed by atoms with E-state index in [4.69, 9.17) is 4.99 Å². The van der Waals surface area contributed by atoms with E-state index in [9.17, 15) is 4.79 Å². The van der Waals surface area contributed by atoms with Gasteiger partial charge in [-0.3, -0.25) is 9.69 Å². The van der Waals surface area contributed by atoms with E-state index in [-0.39, 0.29) is 5.91 Å². The van der Waals surface area contributed by atoms with Crippen molar-refractivity contribution in [3.8, 4) is 0 Å². The molecule has 7 nitrogen and oxygen atoms in total. The average molecular weight is 419 g/mol. The first-order valence-electron chi connectivity index (χ1n) is 11.0. The summed E-state index contributed by atoms with van der Waals surface area (Å²) in [7, 11) is 3.76. The molecule has 30 heavy (non-hydrogen) atoms. The SMILES string of the molecule is CCNC(=NCc1cccc(NC(=O)CN(C)C)c1)NCCCN(C(C)C)C(C)C. The molecule has 0 spiro atoms. The van der Waals surface area contributed by atoms with Gasteiger partial charge in [0.2, 0.25) is 5.91 Å². The number of amides is 1. The summed E-state index contributed by atoms with van der Waals surface area (Å²) in [6.07, 6.45) is 1.06. The lowest BCUT2D eigenvalue weighted by atomic mass is 10.2. The number of rotatable bonds is 12. The Morgan fingerprint density at radius 3 is 2.40 bits per heavy atom. The van der Waals surface area contributed by atoms with Gasteiger partial charge in [-0.25, -0.2) is 4.99 Å². The van der Waals surface area contributed by atoms with Gasteiger partial charge in [-0.15, -0.1) is 0 Å². The van der Waals surface area contributed by atoms with Crippen molar-refractivity contribution in [1.29, 1.82) is 0 Å². The summed E-state index contributed by atoms with van der Waals surface area (Å²) in [4.78, 5) is 21.0. The van der Waals surface area contributed by atoms with E-state index in [2.05, 4.69) is 55.5 Å². The fraction of sp³-hybridized carbons (Fsp3) is 0.652. The monoisotopic (exact) mass is 418 g/mol. The Balaban J connectivity index is 2.59. The van der Waals surface area contributed by atoms with Gasteiger partial charge in [0.1, 0.15) is 0 Å². The van der Waals surface area contributed by atoms with Gasteiger partial charge in [0.15, 0.2) is 5.96 Å². The van der Waals surface area contributed by atoms with Crippen LogP contribution in [0.3, 0.4) is 0 Å². The first kappa shape index (κ1) is 25.9. The number of carbonyl (C=O) groups is 1. The molecule has 170 valence electrons. The van der Waals surface area contributed by atoms with Gasteiger partial charge in [0.25, 0.3) is 0 Å². The largest absolute Gasteiger partial charge is 0.357 e. The van der Waals surface area contributed by atoms with Crippen LogP contribution in [0.5, 0.6) is 0 Å². The molecule has 7 heteroatoms. The van der Waals surface area contributed by atoms with Crippen LogP contribution in [0, 0.1) is 0 Å². The first-order valence-corrected chi connectivity index (χ1v) is 11.0. The summed E-state index contributed by atoms with van der Waals surface area (Å²) in [5, 5.41) is 9.67. The molecule has 3 N–H and O–H groups in total. The second kappa shape index (κ2) is 14.0. The van der Waals surface area contributed by atoms with Crippen molar-refractivity contribution >= 4 is 17.6 Å². The number of likely N-dealkylation sites (N-methyl/N-ethyl adjacent to an activating group) is 1. The molecule has 0 atom stereocenters. The van der Waals surface area contributed by atoms with Crippen molar-refractivity contribution in [1.82, 2.24) is 20.4 Å². The van der Waals surface area contributed by atoms with Crippen LogP contribution < -0.4 is 16.0 Å². The molecule has 0 saturated carbocycles. The normalized spacial score (nSPS) is 12.2. The third-order valence-electron chi connectivity index (χ3n) is 4.65. The van der Waals surface area contributed by atoms with Gasteiger partial charge in [-0.2, -0.15) is 0 Å². The predicted octanol–water partition coefficient (Wildman–Crippen LogP) is 2.75. The van der Waals surface area contributed by atoms with E-state index in [0.29, 0.717) is 25.2 Å². The van der Waals surface area contributed by atoms with Crippen molar-refractivity contribution in [2.75, 3.05) is 45.6 Å². The minimum Gasteiger partial charge on any atom is -0.357 e. The maximum absolute atomic E-state index is 12.0. The van der Waals surface area contributed by atoms with Gasteiger partial charge in [-0.05, 0) is 72.8 Å². The lowest BCUT2D eigenvalue weighted by Crippen LogP contribution is -2.41. The van der Waals surface area contributed by atoms with E-state index in [1.165, 1.54) is 0 Å². The molecule has 0 unspecified atom stereocenters. The van der Waals surface area contributed by atoms with Crippen molar-refractivity contribution in [3.05, 3.63) is 29.8 Å². The average Bonchev–Trinajstić information content (AvgIpc) is 2.64. The Morgan fingerprint density at radius 1 is 1.10 bits per heavy atom. The fourth-order valence-electron chi connectivity index (χ4n) is 3.33. The highest BCUT2D eigenvalue weighted by atomic mass is 16.2. The highest BCUT2D eigenvalue weighted by Gasteiger charge is 2.12. The molecule has 1 aromatic rings. The number of guanidine groups is 1.